The zero-order chi connectivity index (χ0) is 15.4. The van der Waals surface area contributed by atoms with Crippen LogP contribution in [0.4, 0.5) is 5.69 Å². The largest absolute Gasteiger partial charge is 0.321 e. The van der Waals surface area contributed by atoms with Gasteiger partial charge in [-0.15, -0.1) is 11.3 Å². The number of benzene rings is 1. The highest BCUT2D eigenvalue weighted by atomic mass is 32.1. The lowest BCUT2D eigenvalue weighted by Crippen LogP contribution is -2.12. The standard InChI is InChI=1S/C17H18N2OS/c1-11-9-12(2)16(13(3)10-11)19-17(20)15-7-6-14(21-15)5-4-8-18/h6-7,9-10H,8,18H2,1-3H3,(H,19,20). The minimum Gasteiger partial charge on any atom is -0.321 e. The van der Waals surface area contributed by atoms with E-state index in [0.29, 0.717) is 11.4 Å². The van der Waals surface area contributed by atoms with Crippen LogP contribution in [0.3, 0.4) is 0 Å². The predicted octanol–water partition coefficient (Wildman–Crippen LogP) is 3.24. The Labute approximate surface area is 129 Å². The molecule has 2 aromatic rings. The third kappa shape index (κ3) is 3.72. The van der Waals surface area contributed by atoms with Crippen molar-refractivity contribution in [2.75, 3.05) is 11.9 Å². The van der Waals surface area contributed by atoms with Crippen LogP contribution in [0, 0.1) is 32.6 Å². The number of aryl methyl sites for hydroxylation is 3. The quantitative estimate of drug-likeness (QED) is 0.836. The lowest BCUT2D eigenvalue weighted by atomic mass is 10.1. The maximum Gasteiger partial charge on any atom is 0.265 e. The van der Waals surface area contributed by atoms with Crippen molar-refractivity contribution < 1.29 is 4.79 Å². The van der Waals surface area contributed by atoms with Crippen LogP contribution in [-0.2, 0) is 0 Å². The molecule has 0 radical (unpaired) electrons. The second kappa shape index (κ2) is 6.57. The molecule has 0 atom stereocenters. The van der Waals surface area contributed by atoms with E-state index < -0.39 is 0 Å². The highest BCUT2D eigenvalue weighted by molar-refractivity contribution is 7.14. The van der Waals surface area contributed by atoms with Gasteiger partial charge in [0.25, 0.3) is 5.91 Å². The summed E-state index contributed by atoms with van der Waals surface area (Å²) < 4.78 is 0. The summed E-state index contributed by atoms with van der Waals surface area (Å²) in [5.74, 6) is 5.62. The Balaban J connectivity index is 2.20. The van der Waals surface area contributed by atoms with Gasteiger partial charge < -0.3 is 11.1 Å². The molecule has 0 fully saturated rings. The molecular weight excluding hydrogens is 280 g/mol. The van der Waals surface area contributed by atoms with Gasteiger partial charge in [-0.2, -0.15) is 0 Å². The molecule has 0 spiro atoms. The average molecular weight is 298 g/mol. The van der Waals surface area contributed by atoms with Crippen LogP contribution >= 0.6 is 11.3 Å². The highest BCUT2D eigenvalue weighted by Crippen LogP contribution is 2.24. The predicted molar refractivity (Wildman–Crippen MR) is 88.9 cm³/mol. The number of nitrogens with two attached hydrogens (primary N) is 1. The Morgan fingerprint density at radius 2 is 1.90 bits per heavy atom. The van der Waals surface area contributed by atoms with Crippen molar-refractivity contribution in [3.8, 4) is 11.8 Å². The van der Waals surface area contributed by atoms with E-state index in [4.69, 9.17) is 5.73 Å². The van der Waals surface area contributed by atoms with Crippen LogP contribution < -0.4 is 11.1 Å². The van der Waals surface area contributed by atoms with Crippen LogP contribution in [0.2, 0.25) is 0 Å². The van der Waals surface area contributed by atoms with Crippen molar-refractivity contribution in [3.63, 3.8) is 0 Å². The van der Waals surface area contributed by atoms with Crippen molar-refractivity contribution in [2.45, 2.75) is 20.8 Å². The van der Waals surface area contributed by atoms with E-state index in [-0.39, 0.29) is 5.91 Å². The number of anilines is 1. The number of carbonyl (C=O) groups excluding carboxylic acids is 1. The molecule has 0 saturated heterocycles. The van der Waals surface area contributed by atoms with Crippen molar-refractivity contribution in [3.05, 3.63) is 50.7 Å². The summed E-state index contributed by atoms with van der Waals surface area (Å²) in [5.41, 5.74) is 9.56. The normalized spacial score (nSPS) is 9.90. The SMILES string of the molecule is Cc1cc(C)c(NC(=O)c2ccc(C#CCN)s2)c(C)c1. The van der Waals surface area contributed by atoms with Gasteiger partial charge >= 0.3 is 0 Å². The summed E-state index contributed by atoms with van der Waals surface area (Å²) in [6, 6.07) is 7.76. The fourth-order valence-electron chi connectivity index (χ4n) is 2.22. The molecule has 0 bridgehead atoms. The van der Waals surface area contributed by atoms with Gasteiger partial charge in [0.1, 0.15) is 0 Å². The Kier molecular flexibility index (Phi) is 4.79. The van der Waals surface area contributed by atoms with Crippen molar-refractivity contribution in [1.29, 1.82) is 0 Å². The van der Waals surface area contributed by atoms with E-state index in [1.807, 2.05) is 26.8 Å². The first kappa shape index (κ1) is 15.3. The fourth-order valence-corrected chi connectivity index (χ4v) is 2.99. The number of amides is 1. The Hall–Kier alpha value is -2.09. The molecule has 0 unspecified atom stereocenters. The Morgan fingerprint density at radius 1 is 1.24 bits per heavy atom. The zero-order valence-corrected chi connectivity index (χ0v) is 13.2. The van der Waals surface area contributed by atoms with Crippen LogP contribution in [0.25, 0.3) is 0 Å². The van der Waals surface area contributed by atoms with E-state index in [0.717, 1.165) is 21.7 Å². The number of rotatable bonds is 2. The van der Waals surface area contributed by atoms with Gasteiger partial charge in [0.2, 0.25) is 0 Å². The minimum absolute atomic E-state index is 0.101. The molecule has 1 amide bonds. The van der Waals surface area contributed by atoms with E-state index in [1.54, 1.807) is 6.07 Å². The zero-order valence-electron chi connectivity index (χ0n) is 12.4. The highest BCUT2D eigenvalue weighted by Gasteiger charge is 2.12. The van der Waals surface area contributed by atoms with Crippen LogP contribution in [0.5, 0.6) is 0 Å². The number of thiophene rings is 1. The van der Waals surface area contributed by atoms with Crippen LogP contribution in [-0.4, -0.2) is 12.5 Å². The smallest absolute Gasteiger partial charge is 0.265 e. The summed E-state index contributed by atoms with van der Waals surface area (Å²) in [6.45, 7) is 6.37. The molecule has 0 saturated carbocycles. The summed E-state index contributed by atoms with van der Waals surface area (Å²) >= 11 is 1.37. The number of hydrogen-bond donors (Lipinski definition) is 2. The molecule has 2 rings (SSSR count). The van der Waals surface area contributed by atoms with Gasteiger partial charge in [-0.1, -0.05) is 29.5 Å². The van der Waals surface area contributed by atoms with E-state index >= 15 is 0 Å². The van der Waals surface area contributed by atoms with Gasteiger partial charge in [0.15, 0.2) is 0 Å². The molecule has 3 nitrogen and oxygen atoms in total. The molecule has 4 heteroatoms. The molecule has 1 heterocycles. The van der Waals surface area contributed by atoms with E-state index in [9.17, 15) is 4.79 Å². The number of hydrogen-bond acceptors (Lipinski definition) is 3. The van der Waals surface area contributed by atoms with Gasteiger partial charge in [0.05, 0.1) is 16.3 Å². The number of carbonyl (C=O) groups is 1. The number of nitrogens with one attached hydrogen (secondary N) is 1. The molecule has 108 valence electrons. The van der Waals surface area contributed by atoms with E-state index in [2.05, 4.69) is 29.3 Å². The van der Waals surface area contributed by atoms with Crippen molar-refractivity contribution in [1.82, 2.24) is 0 Å². The Morgan fingerprint density at radius 3 is 2.52 bits per heavy atom. The van der Waals surface area contributed by atoms with Gasteiger partial charge in [0, 0.05) is 5.69 Å². The van der Waals surface area contributed by atoms with Crippen molar-refractivity contribution >= 4 is 22.9 Å². The third-order valence-electron chi connectivity index (χ3n) is 3.06. The molecule has 3 N–H and O–H groups in total. The van der Waals surface area contributed by atoms with Crippen LogP contribution in [0.15, 0.2) is 24.3 Å². The summed E-state index contributed by atoms with van der Waals surface area (Å²) in [4.78, 5) is 13.8. The van der Waals surface area contributed by atoms with Gasteiger partial charge in [-0.3, -0.25) is 4.79 Å². The molecule has 21 heavy (non-hydrogen) atoms. The molecule has 1 aromatic carbocycles. The minimum atomic E-state index is -0.101. The fraction of sp³-hybridized carbons (Fsp3) is 0.235. The molecule has 0 aliphatic heterocycles. The average Bonchev–Trinajstić information content (AvgIpc) is 2.89. The van der Waals surface area contributed by atoms with E-state index in [1.165, 1.54) is 16.9 Å². The monoisotopic (exact) mass is 298 g/mol. The first-order valence-corrected chi connectivity index (χ1v) is 7.51. The summed E-state index contributed by atoms with van der Waals surface area (Å²) in [5, 5.41) is 2.99. The first-order valence-electron chi connectivity index (χ1n) is 6.69. The summed E-state index contributed by atoms with van der Waals surface area (Å²) in [7, 11) is 0. The second-order valence-electron chi connectivity index (χ2n) is 4.90. The molecule has 0 aliphatic carbocycles. The topological polar surface area (TPSA) is 55.1 Å². The lowest BCUT2D eigenvalue weighted by molar-refractivity contribution is 0.103. The van der Waals surface area contributed by atoms with Gasteiger partial charge in [-0.25, -0.2) is 0 Å². The molecular formula is C17H18N2OS. The molecule has 0 aliphatic rings. The summed E-state index contributed by atoms with van der Waals surface area (Å²) in [6.07, 6.45) is 0. The first-order chi connectivity index (χ1) is 10.0. The molecule has 1 aromatic heterocycles. The van der Waals surface area contributed by atoms with Crippen LogP contribution in [0.1, 0.15) is 31.2 Å². The Bertz CT molecular complexity index is 712. The maximum atomic E-state index is 12.3. The third-order valence-corrected chi connectivity index (χ3v) is 4.06. The van der Waals surface area contributed by atoms with Gasteiger partial charge in [-0.05, 0) is 44.0 Å². The second-order valence-corrected chi connectivity index (χ2v) is 5.98. The lowest BCUT2D eigenvalue weighted by Gasteiger charge is -2.12. The van der Waals surface area contributed by atoms with Crippen molar-refractivity contribution in [2.24, 2.45) is 5.73 Å². The maximum absolute atomic E-state index is 12.3.